The summed E-state index contributed by atoms with van der Waals surface area (Å²) >= 11 is 5.74. The van der Waals surface area contributed by atoms with Crippen molar-refractivity contribution in [3.05, 3.63) is 17.2 Å². The van der Waals surface area contributed by atoms with E-state index in [0.29, 0.717) is 22.1 Å². The van der Waals surface area contributed by atoms with Crippen molar-refractivity contribution in [1.82, 2.24) is 0 Å². The van der Waals surface area contributed by atoms with E-state index in [4.69, 9.17) is 27.8 Å². The Morgan fingerprint density at radius 2 is 1.62 bits per heavy atom. The quantitative estimate of drug-likeness (QED) is 0.747. The molecule has 0 aromatic heterocycles. The molecule has 76 valence electrons. The van der Waals surface area contributed by atoms with E-state index in [2.05, 4.69) is 0 Å². The molecule has 0 saturated heterocycles. The third-order valence-corrected chi connectivity index (χ3v) is 1.65. The highest BCUT2D eigenvalue weighted by Crippen LogP contribution is 2.30. The lowest BCUT2D eigenvalue weighted by atomic mass is 10.2. The summed E-state index contributed by atoms with van der Waals surface area (Å²) in [4.78, 5) is 0. The Bertz CT molecular complexity index is 281. The molecule has 0 heterocycles. The van der Waals surface area contributed by atoms with E-state index >= 15 is 0 Å². The Hall–Kier alpha value is -0.510. The number of halogens is 3. The van der Waals surface area contributed by atoms with Gasteiger partial charge in [-0.2, -0.15) is 0 Å². The summed E-state index contributed by atoms with van der Waals surface area (Å²) in [5, 5.41) is 0.471. The van der Waals surface area contributed by atoms with Gasteiger partial charge in [-0.1, -0.05) is 11.6 Å². The second kappa shape index (κ2) is 6.02. The Kier molecular flexibility index (Phi) is 6.94. The molecule has 6 heteroatoms. The van der Waals surface area contributed by atoms with Crippen molar-refractivity contribution in [3.8, 4) is 5.75 Å². The van der Waals surface area contributed by atoms with Crippen LogP contribution in [0, 0.1) is 0 Å². The SMILES string of the molecule is COc1cc(N)c(N)cc1Cl.Cl.Cl. The van der Waals surface area contributed by atoms with Crippen molar-refractivity contribution in [2.45, 2.75) is 0 Å². The molecule has 13 heavy (non-hydrogen) atoms. The van der Waals surface area contributed by atoms with E-state index in [1.54, 1.807) is 12.1 Å². The van der Waals surface area contributed by atoms with Gasteiger partial charge in [-0.3, -0.25) is 0 Å². The first-order valence-electron chi connectivity index (χ1n) is 3.03. The predicted octanol–water partition coefficient (Wildman–Crippen LogP) is 2.36. The van der Waals surface area contributed by atoms with E-state index in [1.807, 2.05) is 0 Å². The molecule has 1 aromatic rings. The third kappa shape index (κ3) is 3.38. The first-order chi connectivity index (χ1) is 5.15. The Balaban J connectivity index is 0. The molecular weight excluding hydrogens is 234 g/mol. The first kappa shape index (κ1) is 15.0. The average molecular weight is 246 g/mol. The zero-order valence-corrected chi connectivity index (χ0v) is 9.30. The van der Waals surface area contributed by atoms with Gasteiger partial charge < -0.3 is 16.2 Å². The summed E-state index contributed by atoms with van der Waals surface area (Å²) in [6.07, 6.45) is 0. The molecule has 0 spiro atoms. The molecule has 0 atom stereocenters. The minimum atomic E-state index is 0. The largest absolute Gasteiger partial charge is 0.495 e. The van der Waals surface area contributed by atoms with Gasteiger partial charge >= 0.3 is 0 Å². The zero-order valence-electron chi connectivity index (χ0n) is 6.91. The van der Waals surface area contributed by atoms with E-state index < -0.39 is 0 Å². The van der Waals surface area contributed by atoms with Gasteiger partial charge in [0.15, 0.2) is 0 Å². The summed E-state index contributed by atoms with van der Waals surface area (Å²) in [5.41, 5.74) is 11.9. The summed E-state index contributed by atoms with van der Waals surface area (Å²) in [6, 6.07) is 3.16. The summed E-state index contributed by atoms with van der Waals surface area (Å²) < 4.78 is 4.91. The van der Waals surface area contributed by atoms with Crippen LogP contribution in [0.2, 0.25) is 5.02 Å². The number of benzene rings is 1. The smallest absolute Gasteiger partial charge is 0.139 e. The molecule has 3 nitrogen and oxygen atoms in total. The van der Waals surface area contributed by atoms with Gasteiger partial charge in [-0.05, 0) is 6.07 Å². The van der Waals surface area contributed by atoms with Gasteiger partial charge in [0.2, 0.25) is 0 Å². The maximum atomic E-state index is 5.74. The number of methoxy groups -OCH3 is 1. The molecule has 0 aliphatic heterocycles. The number of hydrogen-bond acceptors (Lipinski definition) is 3. The van der Waals surface area contributed by atoms with Gasteiger partial charge in [-0.25, -0.2) is 0 Å². The van der Waals surface area contributed by atoms with Crippen LogP contribution >= 0.6 is 36.4 Å². The molecule has 1 aromatic carbocycles. The van der Waals surface area contributed by atoms with Gasteiger partial charge in [0, 0.05) is 6.07 Å². The van der Waals surface area contributed by atoms with Crippen LogP contribution in [-0.2, 0) is 0 Å². The molecule has 1 rings (SSSR count). The van der Waals surface area contributed by atoms with E-state index in [1.165, 1.54) is 7.11 Å². The van der Waals surface area contributed by atoms with Gasteiger partial charge in [0.05, 0.1) is 23.5 Å². The Morgan fingerprint density at radius 1 is 1.15 bits per heavy atom. The van der Waals surface area contributed by atoms with Crippen molar-refractivity contribution < 1.29 is 4.74 Å². The molecular formula is C7H11Cl3N2O. The molecule has 4 N–H and O–H groups in total. The van der Waals surface area contributed by atoms with Gasteiger partial charge in [0.25, 0.3) is 0 Å². The maximum Gasteiger partial charge on any atom is 0.139 e. The highest BCUT2D eigenvalue weighted by Gasteiger charge is 2.02. The highest BCUT2D eigenvalue weighted by atomic mass is 35.5. The topological polar surface area (TPSA) is 61.3 Å². The number of anilines is 2. The fourth-order valence-corrected chi connectivity index (χ4v) is 0.990. The van der Waals surface area contributed by atoms with Crippen molar-refractivity contribution in [3.63, 3.8) is 0 Å². The van der Waals surface area contributed by atoms with Crippen LogP contribution in [0.4, 0.5) is 11.4 Å². The first-order valence-corrected chi connectivity index (χ1v) is 3.41. The second-order valence-corrected chi connectivity index (χ2v) is 2.52. The fraction of sp³-hybridized carbons (Fsp3) is 0.143. The molecule has 0 aliphatic rings. The van der Waals surface area contributed by atoms with Gasteiger partial charge in [-0.15, -0.1) is 24.8 Å². The summed E-state index contributed by atoms with van der Waals surface area (Å²) in [5.74, 6) is 0.540. The number of ether oxygens (including phenoxy) is 1. The lowest BCUT2D eigenvalue weighted by Gasteiger charge is -2.05. The van der Waals surface area contributed by atoms with Crippen LogP contribution in [0.1, 0.15) is 0 Å². The number of hydrogen-bond donors (Lipinski definition) is 2. The second-order valence-electron chi connectivity index (χ2n) is 2.12. The van der Waals surface area contributed by atoms with E-state index in [-0.39, 0.29) is 24.8 Å². The minimum absolute atomic E-state index is 0. The molecule has 0 bridgehead atoms. The van der Waals surface area contributed by atoms with Crippen molar-refractivity contribution in [2.75, 3.05) is 18.6 Å². The molecule has 0 saturated carbocycles. The monoisotopic (exact) mass is 244 g/mol. The van der Waals surface area contributed by atoms with Crippen molar-refractivity contribution in [2.24, 2.45) is 0 Å². The normalized spacial score (nSPS) is 8.15. The fourth-order valence-electron chi connectivity index (χ4n) is 0.741. The Labute approximate surface area is 94.2 Å². The van der Waals surface area contributed by atoms with E-state index in [9.17, 15) is 0 Å². The van der Waals surface area contributed by atoms with E-state index in [0.717, 1.165) is 0 Å². The number of nitrogen functional groups attached to an aromatic ring is 2. The Morgan fingerprint density at radius 3 is 2.08 bits per heavy atom. The third-order valence-electron chi connectivity index (χ3n) is 1.36. The van der Waals surface area contributed by atoms with Crippen LogP contribution < -0.4 is 16.2 Å². The highest BCUT2D eigenvalue weighted by molar-refractivity contribution is 6.32. The number of rotatable bonds is 1. The zero-order chi connectivity index (χ0) is 8.43. The summed E-state index contributed by atoms with van der Waals surface area (Å²) in [7, 11) is 1.52. The van der Waals surface area contributed by atoms with Gasteiger partial charge in [0.1, 0.15) is 5.75 Å². The van der Waals surface area contributed by atoms with Crippen LogP contribution in [0.3, 0.4) is 0 Å². The van der Waals surface area contributed by atoms with Crippen LogP contribution in [0.15, 0.2) is 12.1 Å². The lowest BCUT2D eigenvalue weighted by Crippen LogP contribution is -1.95. The molecule has 0 unspecified atom stereocenters. The minimum Gasteiger partial charge on any atom is -0.495 e. The van der Waals surface area contributed by atoms with Crippen LogP contribution in [0.5, 0.6) is 5.75 Å². The average Bonchev–Trinajstić information content (AvgIpc) is 1.97. The standard InChI is InChI=1S/C7H9ClN2O.2ClH/c1-11-7-3-6(10)5(9)2-4(7)8;;/h2-3H,9-10H2,1H3;2*1H. The van der Waals surface area contributed by atoms with Crippen LogP contribution in [-0.4, -0.2) is 7.11 Å². The molecule has 0 amide bonds. The molecule has 0 radical (unpaired) electrons. The maximum absolute atomic E-state index is 5.74. The molecule has 0 aliphatic carbocycles. The lowest BCUT2D eigenvalue weighted by molar-refractivity contribution is 0.415. The van der Waals surface area contributed by atoms with Crippen LogP contribution in [0.25, 0.3) is 0 Å². The molecule has 0 fully saturated rings. The number of nitrogens with two attached hydrogens (primary N) is 2. The predicted molar refractivity (Wildman–Crippen MR) is 61.3 cm³/mol. The van der Waals surface area contributed by atoms with Crippen molar-refractivity contribution in [1.29, 1.82) is 0 Å². The summed E-state index contributed by atoms with van der Waals surface area (Å²) in [6.45, 7) is 0. The van der Waals surface area contributed by atoms with Crippen molar-refractivity contribution >= 4 is 47.8 Å².